The summed E-state index contributed by atoms with van der Waals surface area (Å²) in [4.78, 5) is 47.9. The molecule has 2 heterocycles. The maximum atomic E-state index is 13.8. The summed E-state index contributed by atoms with van der Waals surface area (Å²) in [7, 11) is 1.74. The molecule has 0 saturated heterocycles. The van der Waals surface area contributed by atoms with Crippen molar-refractivity contribution in [2.75, 3.05) is 32.1 Å². The number of aromatic nitrogens is 1. The third-order valence-corrected chi connectivity index (χ3v) is 9.20. The molecule has 0 radical (unpaired) electrons. The third kappa shape index (κ3) is 6.52. The average Bonchev–Trinajstić information content (AvgIpc) is 3.44. The Morgan fingerprint density at radius 1 is 1.17 bits per heavy atom. The van der Waals surface area contributed by atoms with Crippen LogP contribution in [0.4, 0.5) is 10.5 Å². The number of thiazole rings is 1. The zero-order chi connectivity index (χ0) is 29.8. The van der Waals surface area contributed by atoms with E-state index >= 15 is 0 Å². The van der Waals surface area contributed by atoms with Crippen LogP contribution in [0, 0.1) is 5.92 Å². The fourth-order valence-corrected chi connectivity index (χ4v) is 6.45. The molecule has 0 unspecified atom stereocenters. The van der Waals surface area contributed by atoms with Crippen LogP contribution in [0.1, 0.15) is 66.1 Å². The van der Waals surface area contributed by atoms with Crippen LogP contribution in [0.15, 0.2) is 42.5 Å². The predicted molar refractivity (Wildman–Crippen MR) is 163 cm³/mol. The minimum Gasteiger partial charge on any atom is -0.485 e. The van der Waals surface area contributed by atoms with Crippen LogP contribution in [-0.4, -0.2) is 82.7 Å². The van der Waals surface area contributed by atoms with E-state index in [1.165, 1.54) is 17.8 Å². The number of urea groups is 1. The zero-order valence-electron chi connectivity index (χ0n) is 24.3. The Kier molecular flexibility index (Phi) is 9.27. The number of nitrogens with zero attached hydrogens (tertiary/aromatic N) is 3. The number of para-hydroxylation sites is 2. The highest BCUT2D eigenvalue weighted by atomic mass is 32.1. The lowest BCUT2D eigenvalue weighted by Gasteiger charge is -2.38. The molecule has 1 aromatic heterocycles. The molecule has 10 nitrogen and oxygen atoms in total. The lowest BCUT2D eigenvalue weighted by Crippen LogP contribution is -2.52. The van der Waals surface area contributed by atoms with Gasteiger partial charge < -0.3 is 30.3 Å². The van der Waals surface area contributed by atoms with Gasteiger partial charge in [-0.15, -0.1) is 11.3 Å². The Morgan fingerprint density at radius 3 is 2.67 bits per heavy atom. The van der Waals surface area contributed by atoms with Gasteiger partial charge in [-0.2, -0.15) is 0 Å². The summed E-state index contributed by atoms with van der Waals surface area (Å²) in [5, 5.41) is 16.3. The molecule has 3 atom stereocenters. The standard InChI is InChI=1S/C31H39N5O5S/c1-19-16-36(20(2)18-37)30(39)22-12-9-14-24(33-28(38)29-34-23-13-7-8-15-26(23)42-29)27(22)41-25(19)17-35(3)31(40)32-21-10-5-4-6-11-21/h7-9,12-15,19-21,25,37H,4-6,10-11,16-18H2,1-3H3,(H,32,40)(H,33,38)/t19-,20+,25-/m0/s1. The Balaban J connectivity index is 1.43. The van der Waals surface area contributed by atoms with Crippen molar-refractivity contribution in [1.82, 2.24) is 20.1 Å². The number of anilines is 1. The number of aliphatic hydroxyl groups excluding tert-OH is 1. The number of rotatable bonds is 7. The van der Waals surface area contributed by atoms with Gasteiger partial charge in [-0.1, -0.05) is 44.4 Å². The van der Waals surface area contributed by atoms with E-state index in [0.717, 1.165) is 35.9 Å². The first-order chi connectivity index (χ1) is 20.2. The normalized spacial score (nSPS) is 20.2. The van der Waals surface area contributed by atoms with Gasteiger partial charge in [0.25, 0.3) is 11.8 Å². The summed E-state index contributed by atoms with van der Waals surface area (Å²) in [5.74, 6) is -0.646. The van der Waals surface area contributed by atoms with E-state index in [4.69, 9.17) is 4.74 Å². The lowest BCUT2D eigenvalue weighted by atomic mass is 9.96. The summed E-state index contributed by atoms with van der Waals surface area (Å²) in [6.45, 7) is 4.18. The van der Waals surface area contributed by atoms with E-state index in [1.54, 1.807) is 42.0 Å². The van der Waals surface area contributed by atoms with E-state index in [1.807, 2.05) is 31.2 Å². The number of nitrogens with one attached hydrogen (secondary N) is 2. The second-order valence-electron chi connectivity index (χ2n) is 11.4. The monoisotopic (exact) mass is 593 g/mol. The number of likely N-dealkylation sites (N-methyl/N-ethyl adjacent to an activating group) is 1. The van der Waals surface area contributed by atoms with Crippen molar-refractivity contribution in [3.8, 4) is 5.75 Å². The Bertz CT molecular complexity index is 1410. The molecule has 42 heavy (non-hydrogen) atoms. The number of carbonyl (C=O) groups is 3. The number of amides is 4. The fourth-order valence-electron chi connectivity index (χ4n) is 5.59. The number of carbonyl (C=O) groups excluding carboxylic acids is 3. The van der Waals surface area contributed by atoms with Crippen molar-refractivity contribution >= 4 is 45.1 Å². The molecule has 2 aliphatic rings. The molecule has 224 valence electrons. The fraction of sp³-hybridized carbons (Fsp3) is 0.484. The molecule has 1 fully saturated rings. The molecule has 3 aromatic rings. The quantitative estimate of drug-likeness (QED) is 0.364. The van der Waals surface area contributed by atoms with Crippen LogP contribution in [0.25, 0.3) is 10.2 Å². The van der Waals surface area contributed by atoms with Crippen molar-refractivity contribution in [3.63, 3.8) is 0 Å². The highest BCUT2D eigenvalue weighted by Gasteiger charge is 2.35. The molecule has 1 aliphatic heterocycles. The SMILES string of the molecule is C[C@H](CO)N1C[C@H](C)[C@H](CN(C)C(=O)NC2CCCCC2)Oc2c(NC(=O)c3nc4ccccc4s3)cccc2C1=O. The van der Waals surface area contributed by atoms with Crippen molar-refractivity contribution in [2.24, 2.45) is 5.92 Å². The maximum Gasteiger partial charge on any atom is 0.317 e. The summed E-state index contributed by atoms with van der Waals surface area (Å²) in [6.07, 6.45) is 4.91. The van der Waals surface area contributed by atoms with Gasteiger partial charge in [0.2, 0.25) is 0 Å². The Hall–Kier alpha value is -3.70. The summed E-state index contributed by atoms with van der Waals surface area (Å²) in [6, 6.07) is 12.2. The maximum absolute atomic E-state index is 13.8. The second kappa shape index (κ2) is 13.1. The van der Waals surface area contributed by atoms with Gasteiger partial charge in [-0.3, -0.25) is 9.59 Å². The summed E-state index contributed by atoms with van der Waals surface area (Å²) in [5.41, 5.74) is 1.36. The highest BCUT2D eigenvalue weighted by Crippen LogP contribution is 2.35. The van der Waals surface area contributed by atoms with E-state index in [0.29, 0.717) is 17.2 Å². The van der Waals surface area contributed by atoms with Gasteiger partial charge in [0.1, 0.15) is 6.10 Å². The number of hydrogen-bond acceptors (Lipinski definition) is 7. The van der Waals surface area contributed by atoms with E-state index in [2.05, 4.69) is 15.6 Å². The van der Waals surface area contributed by atoms with Gasteiger partial charge in [0.05, 0.1) is 40.7 Å². The molecule has 1 aliphatic carbocycles. The smallest absolute Gasteiger partial charge is 0.317 e. The molecule has 0 spiro atoms. The largest absolute Gasteiger partial charge is 0.485 e. The first kappa shape index (κ1) is 29.8. The van der Waals surface area contributed by atoms with E-state index < -0.39 is 18.1 Å². The molecule has 1 saturated carbocycles. The Labute approximate surface area is 250 Å². The summed E-state index contributed by atoms with van der Waals surface area (Å²) >= 11 is 1.29. The van der Waals surface area contributed by atoms with Gasteiger partial charge in [0.15, 0.2) is 10.8 Å². The molecule has 4 amide bonds. The molecular formula is C31H39N5O5S. The van der Waals surface area contributed by atoms with Crippen LogP contribution in [0.5, 0.6) is 5.75 Å². The molecule has 3 N–H and O–H groups in total. The predicted octanol–water partition coefficient (Wildman–Crippen LogP) is 4.74. The van der Waals surface area contributed by atoms with Gasteiger partial charge in [0, 0.05) is 25.6 Å². The number of benzene rings is 2. The minimum atomic E-state index is -0.493. The Morgan fingerprint density at radius 2 is 1.93 bits per heavy atom. The van der Waals surface area contributed by atoms with E-state index in [-0.39, 0.29) is 48.4 Å². The molecule has 11 heteroatoms. The van der Waals surface area contributed by atoms with Crippen LogP contribution in [-0.2, 0) is 0 Å². The van der Waals surface area contributed by atoms with Crippen LogP contribution >= 0.6 is 11.3 Å². The summed E-state index contributed by atoms with van der Waals surface area (Å²) < 4.78 is 7.45. The van der Waals surface area contributed by atoms with Crippen LogP contribution in [0.3, 0.4) is 0 Å². The highest BCUT2D eigenvalue weighted by molar-refractivity contribution is 7.20. The van der Waals surface area contributed by atoms with Crippen molar-refractivity contribution in [3.05, 3.63) is 53.0 Å². The van der Waals surface area contributed by atoms with Crippen molar-refractivity contribution in [2.45, 2.75) is 64.1 Å². The van der Waals surface area contributed by atoms with Crippen LogP contribution < -0.4 is 15.4 Å². The number of ether oxygens (including phenoxy) is 1. The average molecular weight is 594 g/mol. The minimum absolute atomic E-state index is 0.158. The molecule has 0 bridgehead atoms. The molecule has 5 rings (SSSR count). The van der Waals surface area contributed by atoms with E-state index in [9.17, 15) is 19.5 Å². The number of fused-ring (bicyclic) bond motifs is 2. The first-order valence-corrected chi connectivity index (χ1v) is 15.5. The third-order valence-electron chi connectivity index (χ3n) is 8.16. The van der Waals surface area contributed by atoms with Crippen LogP contribution in [0.2, 0.25) is 0 Å². The first-order valence-electron chi connectivity index (χ1n) is 14.6. The van der Waals surface area contributed by atoms with Gasteiger partial charge >= 0.3 is 6.03 Å². The van der Waals surface area contributed by atoms with Crippen molar-refractivity contribution < 1.29 is 24.2 Å². The second-order valence-corrected chi connectivity index (χ2v) is 12.4. The number of hydrogen-bond donors (Lipinski definition) is 3. The molecule has 2 aromatic carbocycles. The van der Waals surface area contributed by atoms with Crippen molar-refractivity contribution in [1.29, 1.82) is 0 Å². The molecular weight excluding hydrogens is 554 g/mol. The van der Waals surface area contributed by atoms with Gasteiger partial charge in [-0.05, 0) is 44.0 Å². The number of aliphatic hydroxyl groups is 1. The lowest BCUT2D eigenvalue weighted by molar-refractivity contribution is 0.0367. The topological polar surface area (TPSA) is 124 Å². The van der Waals surface area contributed by atoms with Gasteiger partial charge in [-0.25, -0.2) is 9.78 Å². The zero-order valence-corrected chi connectivity index (χ0v) is 25.2.